The van der Waals surface area contributed by atoms with Gasteiger partial charge in [-0.15, -0.1) is 0 Å². The summed E-state index contributed by atoms with van der Waals surface area (Å²) in [5.74, 6) is 1.30. The molecule has 0 atom stereocenters. The molecule has 0 amide bonds. The zero-order chi connectivity index (χ0) is 12.8. The van der Waals surface area contributed by atoms with Crippen LogP contribution < -0.4 is 10.2 Å². The maximum atomic E-state index is 8.80. The minimum absolute atomic E-state index is 0.148. The van der Waals surface area contributed by atoms with E-state index in [0.717, 1.165) is 6.54 Å². The van der Waals surface area contributed by atoms with Crippen LogP contribution in [-0.4, -0.2) is 36.8 Å². The molecular weight excluding hydrogens is 261 g/mol. The molecule has 96 valence electrons. The first-order valence-electron chi connectivity index (χ1n) is 5.52. The Morgan fingerprint density at radius 1 is 1.41 bits per heavy atom. The summed E-state index contributed by atoms with van der Waals surface area (Å²) in [5.41, 5.74) is 0. The molecule has 0 aliphatic heterocycles. The highest BCUT2D eigenvalue weighted by Gasteiger charge is 2.12. The summed E-state index contributed by atoms with van der Waals surface area (Å²) < 4.78 is 0. The van der Waals surface area contributed by atoms with Crippen LogP contribution >= 0.6 is 23.2 Å². The summed E-state index contributed by atoms with van der Waals surface area (Å²) in [6.45, 7) is 3.56. The molecule has 1 aromatic heterocycles. The Morgan fingerprint density at radius 2 is 2.12 bits per heavy atom. The Balaban J connectivity index is 2.93. The van der Waals surface area contributed by atoms with E-state index >= 15 is 0 Å². The summed E-state index contributed by atoms with van der Waals surface area (Å²) in [5, 5.41) is 12.9. The molecule has 0 aliphatic rings. The molecule has 17 heavy (non-hydrogen) atoms. The predicted octanol–water partition coefficient (Wildman–Crippen LogP) is 2.64. The first-order chi connectivity index (χ1) is 8.10. The van der Waals surface area contributed by atoms with Gasteiger partial charge in [0.05, 0.1) is 10.0 Å². The third kappa shape index (κ3) is 3.91. The zero-order valence-corrected chi connectivity index (χ0v) is 11.5. The molecule has 0 radical (unpaired) electrons. The molecule has 0 aromatic carbocycles. The van der Waals surface area contributed by atoms with Crippen molar-refractivity contribution in [2.45, 2.75) is 13.3 Å². The molecule has 1 heterocycles. The second-order valence-corrected chi connectivity index (χ2v) is 4.47. The molecule has 0 spiro atoms. The van der Waals surface area contributed by atoms with Crippen LogP contribution in [0.25, 0.3) is 0 Å². The lowest BCUT2D eigenvalue weighted by atomic mass is 10.3. The number of rotatable bonds is 6. The van der Waals surface area contributed by atoms with E-state index in [1.807, 2.05) is 18.9 Å². The van der Waals surface area contributed by atoms with Gasteiger partial charge in [0.25, 0.3) is 0 Å². The van der Waals surface area contributed by atoms with Crippen LogP contribution in [0, 0.1) is 0 Å². The van der Waals surface area contributed by atoms with Crippen molar-refractivity contribution >= 4 is 34.8 Å². The Bertz CT molecular complexity index is 374. The van der Waals surface area contributed by atoms with Crippen molar-refractivity contribution in [2.75, 3.05) is 37.0 Å². The van der Waals surface area contributed by atoms with E-state index in [1.165, 1.54) is 0 Å². The van der Waals surface area contributed by atoms with Crippen LogP contribution in [0.5, 0.6) is 0 Å². The number of hydrogen-bond acceptors (Lipinski definition) is 4. The van der Waals surface area contributed by atoms with Crippen molar-refractivity contribution in [3.63, 3.8) is 0 Å². The normalized spacial score (nSPS) is 10.4. The summed E-state index contributed by atoms with van der Waals surface area (Å²) >= 11 is 12.1. The fourth-order valence-corrected chi connectivity index (χ4v) is 2.00. The number of aromatic nitrogens is 1. The van der Waals surface area contributed by atoms with E-state index in [0.29, 0.717) is 34.6 Å². The Hall–Kier alpha value is -0.710. The highest BCUT2D eigenvalue weighted by atomic mass is 35.5. The molecule has 0 unspecified atom stereocenters. The van der Waals surface area contributed by atoms with Crippen LogP contribution in [-0.2, 0) is 0 Å². The zero-order valence-electron chi connectivity index (χ0n) is 10.0. The lowest BCUT2D eigenvalue weighted by Gasteiger charge is -2.20. The molecule has 0 aliphatic carbocycles. The van der Waals surface area contributed by atoms with Crippen molar-refractivity contribution in [1.29, 1.82) is 0 Å². The van der Waals surface area contributed by atoms with Crippen LogP contribution in [0.15, 0.2) is 6.07 Å². The average Bonchev–Trinajstić information content (AvgIpc) is 2.29. The molecule has 1 aromatic rings. The lowest BCUT2D eigenvalue weighted by molar-refractivity contribution is 0.290. The number of nitrogens with one attached hydrogen (secondary N) is 1. The SMILES string of the molecule is CCNc1nc(N(C)CCCO)c(Cl)cc1Cl. The second-order valence-electron chi connectivity index (χ2n) is 3.65. The van der Waals surface area contributed by atoms with Crippen molar-refractivity contribution in [2.24, 2.45) is 0 Å². The fraction of sp³-hybridized carbons (Fsp3) is 0.545. The molecule has 1 rings (SSSR count). The molecule has 0 fully saturated rings. The third-order valence-corrected chi connectivity index (χ3v) is 2.83. The van der Waals surface area contributed by atoms with E-state index in [9.17, 15) is 0 Å². The Morgan fingerprint density at radius 3 is 2.71 bits per heavy atom. The van der Waals surface area contributed by atoms with Crippen molar-refractivity contribution in [3.05, 3.63) is 16.1 Å². The van der Waals surface area contributed by atoms with Gasteiger partial charge in [0, 0.05) is 26.7 Å². The largest absolute Gasteiger partial charge is 0.396 e. The van der Waals surface area contributed by atoms with Crippen molar-refractivity contribution in [3.8, 4) is 0 Å². The van der Waals surface area contributed by atoms with Crippen LogP contribution in [0.2, 0.25) is 10.0 Å². The predicted molar refractivity (Wildman–Crippen MR) is 73.4 cm³/mol. The molecule has 0 saturated carbocycles. The number of halogens is 2. The van der Waals surface area contributed by atoms with E-state index < -0.39 is 0 Å². The van der Waals surface area contributed by atoms with Crippen molar-refractivity contribution < 1.29 is 5.11 Å². The minimum Gasteiger partial charge on any atom is -0.396 e. The highest BCUT2D eigenvalue weighted by Crippen LogP contribution is 2.30. The Labute approximate surface area is 112 Å². The third-order valence-electron chi connectivity index (χ3n) is 2.27. The van der Waals surface area contributed by atoms with Gasteiger partial charge in [-0.3, -0.25) is 0 Å². The molecule has 0 saturated heterocycles. The van der Waals surface area contributed by atoms with Gasteiger partial charge in [-0.25, -0.2) is 4.98 Å². The van der Waals surface area contributed by atoms with Crippen molar-refractivity contribution in [1.82, 2.24) is 4.98 Å². The van der Waals surface area contributed by atoms with Crippen LogP contribution in [0.4, 0.5) is 11.6 Å². The first-order valence-corrected chi connectivity index (χ1v) is 6.27. The number of nitrogens with zero attached hydrogens (tertiary/aromatic N) is 2. The summed E-state index contributed by atoms with van der Waals surface area (Å²) in [6, 6.07) is 1.68. The molecular formula is C11H17Cl2N3O. The summed E-state index contributed by atoms with van der Waals surface area (Å²) in [6.07, 6.45) is 0.674. The van der Waals surface area contributed by atoms with E-state index in [-0.39, 0.29) is 6.61 Å². The Kier molecular flexibility index (Phi) is 5.82. The number of anilines is 2. The maximum Gasteiger partial charge on any atom is 0.149 e. The van der Waals surface area contributed by atoms with E-state index in [4.69, 9.17) is 28.3 Å². The van der Waals surface area contributed by atoms with E-state index in [2.05, 4.69) is 10.3 Å². The quantitative estimate of drug-likeness (QED) is 0.839. The van der Waals surface area contributed by atoms with Gasteiger partial charge in [0.1, 0.15) is 11.6 Å². The fourth-order valence-electron chi connectivity index (χ4n) is 1.43. The summed E-state index contributed by atoms with van der Waals surface area (Å²) in [4.78, 5) is 6.28. The molecule has 0 bridgehead atoms. The number of pyridine rings is 1. The van der Waals surface area contributed by atoms with Gasteiger partial charge < -0.3 is 15.3 Å². The first kappa shape index (κ1) is 14.4. The standard InChI is InChI=1S/C11H17Cl2N3O/c1-3-14-10-8(12)7-9(13)11(15-10)16(2)5-4-6-17/h7,17H,3-6H2,1-2H3,(H,14,15). The minimum atomic E-state index is 0.148. The number of aliphatic hydroxyl groups excluding tert-OH is 1. The number of hydrogen-bond donors (Lipinski definition) is 2. The van der Waals surface area contributed by atoms with Crippen LogP contribution in [0.1, 0.15) is 13.3 Å². The van der Waals surface area contributed by atoms with Gasteiger partial charge in [0.15, 0.2) is 0 Å². The number of aliphatic hydroxyl groups is 1. The topological polar surface area (TPSA) is 48.4 Å². The van der Waals surface area contributed by atoms with Gasteiger partial charge >= 0.3 is 0 Å². The average molecular weight is 278 g/mol. The van der Waals surface area contributed by atoms with Gasteiger partial charge in [-0.1, -0.05) is 23.2 Å². The van der Waals surface area contributed by atoms with Gasteiger partial charge in [-0.2, -0.15) is 0 Å². The molecule has 2 N–H and O–H groups in total. The second kappa shape index (κ2) is 6.89. The maximum absolute atomic E-state index is 8.80. The molecule has 6 heteroatoms. The summed E-state index contributed by atoms with van der Waals surface area (Å²) in [7, 11) is 1.88. The highest BCUT2D eigenvalue weighted by molar-refractivity contribution is 6.37. The van der Waals surface area contributed by atoms with E-state index in [1.54, 1.807) is 6.07 Å². The van der Waals surface area contributed by atoms with Gasteiger partial charge in [0.2, 0.25) is 0 Å². The molecule has 4 nitrogen and oxygen atoms in total. The monoisotopic (exact) mass is 277 g/mol. The van der Waals surface area contributed by atoms with Gasteiger partial charge in [-0.05, 0) is 19.4 Å². The lowest BCUT2D eigenvalue weighted by Crippen LogP contribution is -2.21. The van der Waals surface area contributed by atoms with Crippen LogP contribution in [0.3, 0.4) is 0 Å². The smallest absolute Gasteiger partial charge is 0.149 e.